The third kappa shape index (κ3) is 5.47. The molecule has 3 amide bonds. The number of aryl methyl sites for hydroxylation is 1. The molecule has 1 aromatic heterocycles. The zero-order chi connectivity index (χ0) is 27.4. The normalized spacial score (nSPS) is 11.5. The van der Waals surface area contributed by atoms with E-state index in [0.29, 0.717) is 33.9 Å². The van der Waals surface area contributed by atoms with Gasteiger partial charge in [-0.25, -0.2) is 4.39 Å². The van der Waals surface area contributed by atoms with E-state index in [1.165, 1.54) is 41.3 Å². The molecule has 1 atom stereocenters. The molecule has 4 rings (SSSR count). The predicted molar refractivity (Wildman–Crippen MR) is 142 cm³/mol. The van der Waals surface area contributed by atoms with Crippen LogP contribution in [0.1, 0.15) is 42.9 Å². The van der Waals surface area contributed by atoms with Gasteiger partial charge in [-0.3, -0.25) is 19.3 Å². The van der Waals surface area contributed by atoms with Gasteiger partial charge in [-0.05, 0) is 65.5 Å². The Hall–Kier alpha value is -4.77. The first-order valence-electron chi connectivity index (χ1n) is 11.4. The molecule has 4 aromatic rings. The molecule has 9 nitrogen and oxygen atoms in total. The maximum atomic E-state index is 14.0. The highest BCUT2D eigenvalue weighted by Gasteiger charge is 2.36. The largest absolute Gasteiger partial charge is 0.508 e. The zero-order valence-corrected chi connectivity index (χ0v) is 21.0. The standard InChI is InChI=1S/C27H24FN5O4S/c1-15-4-2-3-5-20(15)33(27(37)24-21(29)22(25(30)35)32-38-24)23(17-8-12-19(34)13-9-17)26(36)31-14-16-6-10-18(28)11-7-16/h2-13,23,34H,14,29H2,1H3,(H2,30,35)(H,31,36)/t23-/m1/s1. The molecular formula is C27H24FN5O4S. The summed E-state index contributed by atoms with van der Waals surface area (Å²) >= 11 is 0.706. The first kappa shape index (κ1) is 26.3. The lowest BCUT2D eigenvalue weighted by Gasteiger charge is -2.32. The second-order valence-corrected chi connectivity index (χ2v) is 9.21. The number of carbonyl (C=O) groups excluding carboxylic acids is 3. The van der Waals surface area contributed by atoms with Crippen molar-refractivity contribution in [3.63, 3.8) is 0 Å². The number of nitrogens with one attached hydrogen (secondary N) is 1. The maximum absolute atomic E-state index is 14.0. The number of benzene rings is 3. The van der Waals surface area contributed by atoms with Crippen molar-refractivity contribution >= 4 is 40.6 Å². The Morgan fingerprint density at radius 3 is 2.32 bits per heavy atom. The molecule has 0 saturated carbocycles. The van der Waals surface area contributed by atoms with E-state index >= 15 is 0 Å². The number of nitrogens with two attached hydrogens (primary N) is 2. The minimum absolute atomic E-state index is 0.0224. The summed E-state index contributed by atoms with van der Waals surface area (Å²) < 4.78 is 17.3. The van der Waals surface area contributed by atoms with Crippen molar-refractivity contribution in [2.45, 2.75) is 19.5 Å². The quantitative estimate of drug-likeness (QED) is 0.271. The lowest BCUT2D eigenvalue weighted by Crippen LogP contribution is -2.44. The van der Waals surface area contributed by atoms with Crippen LogP contribution in [0.2, 0.25) is 0 Å². The lowest BCUT2D eigenvalue weighted by atomic mass is 10.0. The van der Waals surface area contributed by atoms with Crippen LogP contribution in [0, 0.1) is 12.7 Å². The fraction of sp³-hybridized carbons (Fsp3) is 0.111. The van der Waals surface area contributed by atoms with Crippen molar-refractivity contribution in [1.82, 2.24) is 9.69 Å². The third-order valence-electron chi connectivity index (χ3n) is 5.84. The van der Waals surface area contributed by atoms with E-state index in [2.05, 4.69) is 9.69 Å². The third-order valence-corrected chi connectivity index (χ3v) is 6.70. The molecule has 0 radical (unpaired) electrons. The van der Waals surface area contributed by atoms with Crippen molar-refractivity contribution in [1.29, 1.82) is 0 Å². The van der Waals surface area contributed by atoms with Crippen LogP contribution in [-0.2, 0) is 11.3 Å². The molecule has 6 N–H and O–H groups in total. The molecule has 0 aliphatic heterocycles. The number of hydrogen-bond acceptors (Lipinski definition) is 7. The fourth-order valence-electron chi connectivity index (χ4n) is 3.90. The van der Waals surface area contributed by atoms with Crippen molar-refractivity contribution in [3.8, 4) is 5.75 Å². The molecule has 0 saturated heterocycles. The predicted octanol–water partition coefficient (Wildman–Crippen LogP) is 3.68. The molecule has 0 aliphatic rings. The molecule has 194 valence electrons. The molecule has 11 heteroatoms. The molecule has 0 aliphatic carbocycles. The second kappa shape index (κ2) is 11.1. The summed E-state index contributed by atoms with van der Waals surface area (Å²) in [5, 5.41) is 12.7. The van der Waals surface area contributed by atoms with Crippen molar-refractivity contribution in [2.24, 2.45) is 5.73 Å². The number of carbonyl (C=O) groups is 3. The number of nitrogen functional groups attached to an aromatic ring is 1. The summed E-state index contributed by atoms with van der Waals surface area (Å²) in [6, 6.07) is 17.3. The van der Waals surface area contributed by atoms with E-state index in [4.69, 9.17) is 11.5 Å². The van der Waals surface area contributed by atoms with Gasteiger partial charge in [0.2, 0.25) is 5.91 Å². The van der Waals surface area contributed by atoms with Gasteiger partial charge in [0.05, 0.1) is 5.69 Å². The highest BCUT2D eigenvalue weighted by Crippen LogP contribution is 2.35. The number of hydrogen-bond donors (Lipinski definition) is 4. The number of amides is 3. The van der Waals surface area contributed by atoms with Gasteiger partial charge in [0.1, 0.15) is 22.5 Å². The van der Waals surface area contributed by atoms with Gasteiger partial charge in [-0.1, -0.05) is 42.5 Å². The van der Waals surface area contributed by atoms with Crippen LogP contribution >= 0.6 is 11.5 Å². The van der Waals surface area contributed by atoms with Gasteiger partial charge >= 0.3 is 0 Å². The van der Waals surface area contributed by atoms with Gasteiger partial charge in [-0.2, -0.15) is 4.37 Å². The minimum Gasteiger partial charge on any atom is -0.508 e. The van der Waals surface area contributed by atoms with Crippen molar-refractivity contribution in [2.75, 3.05) is 10.6 Å². The number of para-hydroxylation sites is 1. The van der Waals surface area contributed by atoms with E-state index in [1.807, 2.05) is 0 Å². The molecule has 38 heavy (non-hydrogen) atoms. The lowest BCUT2D eigenvalue weighted by molar-refractivity contribution is -0.122. The number of aromatic hydroxyl groups is 1. The van der Waals surface area contributed by atoms with Crippen LogP contribution in [0.3, 0.4) is 0 Å². The van der Waals surface area contributed by atoms with Gasteiger partial charge in [0, 0.05) is 12.2 Å². The zero-order valence-electron chi connectivity index (χ0n) is 20.2. The van der Waals surface area contributed by atoms with E-state index in [1.54, 1.807) is 43.3 Å². The number of primary amides is 1. The SMILES string of the molecule is Cc1ccccc1N(C(=O)c1snc(C(N)=O)c1N)[C@@H](C(=O)NCc1ccc(F)cc1)c1ccc(O)cc1. The molecule has 0 bridgehead atoms. The summed E-state index contributed by atoms with van der Waals surface area (Å²) in [7, 11) is 0. The molecule has 0 spiro atoms. The Balaban J connectivity index is 1.82. The van der Waals surface area contributed by atoms with Crippen LogP contribution in [0.25, 0.3) is 0 Å². The van der Waals surface area contributed by atoms with Crippen molar-refractivity contribution in [3.05, 3.63) is 106 Å². The summed E-state index contributed by atoms with van der Waals surface area (Å²) in [4.78, 5) is 40.8. The van der Waals surface area contributed by atoms with Gasteiger partial charge in [-0.15, -0.1) is 0 Å². The number of anilines is 2. The number of nitrogens with zero attached hydrogens (tertiary/aromatic N) is 2. The average molecular weight is 534 g/mol. The molecule has 1 heterocycles. The number of phenolic OH excluding ortho intramolecular Hbond substituents is 1. The van der Waals surface area contributed by atoms with Gasteiger partial charge in [0.15, 0.2) is 5.69 Å². The van der Waals surface area contributed by atoms with E-state index in [-0.39, 0.29) is 28.6 Å². The topological polar surface area (TPSA) is 152 Å². The smallest absolute Gasteiger partial charge is 0.273 e. The van der Waals surface area contributed by atoms with Crippen LogP contribution in [0.15, 0.2) is 72.8 Å². The van der Waals surface area contributed by atoms with Gasteiger partial charge in [0.25, 0.3) is 11.8 Å². The molecular weight excluding hydrogens is 509 g/mol. The van der Waals surface area contributed by atoms with Gasteiger partial charge < -0.3 is 21.9 Å². The maximum Gasteiger partial charge on any atom is 0.273 e. The number of halogens is 1. The average Bonchev–Trinajstić information content (AvgIpc) is 3.29. The Kier molecular flexibility index (Phi) is 7.68. The minimum atomic E-state index is -1.22. The first-order chi connectivity index (χ1) is 18.2. The van der Waals surface area contributed by atoms with E-state index < -0.39 is 29.6 Å². The summed E-state index contributed by atoms with van der Waals surface area (Å²) in [6.07, 6.45) is 0. The van der Waals surface area contributed by atoms with Crippen LogP contribution in [0.5, 0.6) is 5.75 Å². The highest BCUT2D eigenvalue weighted by atomic mass is 32.1. The Labute approximate surface area is 221 Å². The second-order valence-electron chi connectivity index (χ2n) is 8.44. The van der Waals surface area contributed by atoms with Crippen LogP contribution in [0.4, 0.5) is 15.8 Å². The Bertz CT molecular complexity index is 1490. The van der Waals surface area contributed by atoms with Crippen LogP contribution < -0.4 is 21.7 Å². The summed E-state index contributed by atoms with van der Waals surface area (Å²) in [5.74, 6) is -2.53. The monoisotopic (exact) mass is 533 g/mol. The fourth-order valence-corrected chi connectivity index (χ4v) is 4.64. The number of phenols is 1. The number of aromatic nitrogens is 1. The van der Waals surface area contributed by atoms with Crippen LogP contribution in [-0.4, -0.2) is 27.2 Å². The van der Waals surface area contributed by atoms with E-state index in [9.17, 15) is 23.9 Å². The molecule has 3 aromatic carbocycles. The number of rotatable bonds is 8. The van der Waals surface area contributed by atoms with E-state index in [0.717, 1.165) is 0 Å². The van der Waals surface area contributed by atoms with Crippen molar-refractivity contribution < 1.29 is 23.9 Å². The molecule has 0 fully saturated rings. The highest BCUT2D eigenvalue weighted by molar-refractivity contribution is 7.09. The summed E-state index contributed by atoms with van der Waals surface area (Å²) in [5.41, 5.74) is 13.2. The molecule has 0 unspecified atom stereocenters. The summed E-state index contributed by atoms with van der Waals surface area (Å²) in [6.45, 7) is 1.85. The Morgan fingerprint density at radius 1 is 1.05 bits per heavy atom. The Morgan fingerprint density at radius 2 is 1.71 bits per heavy atom. The first-order valence-corrected chi connectivity index (χ1v) is 12.2.